The zero-order valence-electron chi connectivity index (χ0n) is 15.2. The van der Waals surface area contributed by atoms with Gasteiger partial charge in [0.05, 0.1) is 19.0 Å². The first-order valence-corrected chi connectivity index (χ1v) is 9.20. The number of benzene rings is 2. The van der Waals surface area contributed by atoms with Crippen LogP contribution in [0.3, 0.4) is 0 Å². The van der Waals surface area contributed by atoms with E-state index in [1.807, 2.05) is 42.5 Å². The number of aromatic nitrogens is 3. The van der Waals surface area contributed by atoms with Crippen LogP contribution in [-0.4, -0.2) is 27.6 Å². The van der Waals surface area contributed by atoms with Crippen LogP contribution in [0.2, 0.25) is 0 Å². The quantitative estimate of drug-likeness (QED) is 0.540. The number of anilines is 1. The summed E-state index contributed by atoms with van der Waals surface area (Å²) < 4.78 is 14.7. The average molecular weight is 392 g/mol. The molecule has 0 bridgehead atoms. The molecule has 1 amide bonds. The minimum Gasteiger partial charge on any atom is -0.496 e. The van der Waals surface area contributed by atoms with E-state index < -0.39 is 0 Å². The van der Waals surface area contributed by atoms with Crippen LogP contribution in [0.15, 0.2) is 59.5 Å². The number of oxazole rings is 1. The van der Waals surface area contributed by atoms with Crippen LogP contribution in [0.25, 0.3) is 22.5 Å². The molecule has 0 aliphatic carbocycles. The predicted octanol–water partition coefficient (Wildman–Crippen LogP) is 4.43. The molecule has 1 N–H and O–H groups in total. The molecule has 2 heterocycles. The summed E-state index contributed by atoms with van der Waals surface area (Å²) >= 11 is 1.08. The minimum atomic E-state index is -0.217. The Labute approximate surface area is 165 Å². The second-order valence-electron chi connectivity index (χ2n) is 6.00. The molecule has 140 valence electrons. The Hall–Kier alpha value is -3.52. The van der Waals surface area contributed by atoms with Gasteiger partial charge in [0.2, 0.25) is 0 Å². The third-order valence-electron chi connectivity index (χ3n) is 4.23. The average Bonchev–Trinajstić information content (AvgIpc) is 3.40. The van der Waals surface area contributed by atoms with Crippen molar-refractivity contribution >= 4 is 23.1 Å². The Balaban J connectivity index is 1.61. The number of nitrogens with zero attached hydrogens (tertiary/aromatic N) is 3. The number of hydrogen-bond acceptors (Lipinski definition) is 7. The Kier molecular flexibility index (Phi) is 4.86. The number of hydrogen-bond donors (Lipinski definition) is 1. The lowest BCUT2D eigenvalue weighted by molar-refractivity contribution is 0.103. The minimum absolute atomic E-state index is 0.217. The number of nitrogens with one attached hydrogen (secondary N) is 1. The van der Waals surface area contributed by atoms with Gasteiger partial charge in [-0.25, -0.2) is 4.98 Å². The second-order valence-corrected chi connectivity index (χ2v) is 6.75. The lowest BCUT2D eigenvalue weighted by Crippen LogP contribution is -2.11. The molecule has 0 unspecified atom stereocenters. The van der Waals surface area contributed by atoms with Crippen molar-refractivity contribution in [2.45, 2.75) is 6.92 Å². The Morgan fingerprint density at radius 3 is 2.57 bits per heavy atom. The zero-order valence-corrected chi connectivity index (χ0v) is 16.0. The fourth-order valence-corrected chi connectivity index (χ4v) is 3.36. The number of aryl methyl sites for hydroxylation is 1. The summed E-state index contributed by atoms with van der Waals surface area (Å²) in [7, 11) is 1.63. The molecular formula is C20H16N4O3S. The van der Waals surface area contributed by atoms with Gasteiger partial charge in [-0.2, -0.15) is 0 Å². The van der Waals surface area contributed by atoms with Crippen LogP contribution in [0.4, 0.5) is 5.69 Å². The lowest BCUT2D eigenvalue weighted by Gasteiger charge is -2.11. The van der Waals surface area contributed by atoms with Crippen molar-refractivity contribution in [1.29, 1.82) is 0 Å². The number of carbonyl (C=O) groups excluding carboxylic acids is 1. The first-order chi connectivity index (χ1) is 13.7. The van der Waals surface area contributed by atoms with E-state index in [4.69, 9.17) is 9.15 Å². The summed E-state index contributed by atoms with van der Waals surface area (Å²) in [5, 5.41) is 6.73. The Morgan fingerprint density at radius 1 is 1.14 bits per heavy atom. The third-order valence-corrected chi connectivity index (χ3v) is 5.05. The van der Waals surface area contributed by atoms with Gasteiger partial charge in [0.25, 0.3) is 5.91 Å². The third kappa shape index (κ3) is 3.49. The molecule has 7 nitrogen and oxygen atoms in total. The van der Waals surface area contributed by atoms with Crippen LogP contribution >= 0.6 is 11.5 Å². The molecule has 8 heteroatoms. The first kappa shape index (κ1) is 17.9. The monoisotopic (exact) mass is 392 g/mol. The van der Waals surface area contributed by atoms with Gasteiger partial charge in [0, 0.05) is 16.8 Å². The van der Waals surface area contributed by atoms with Gasteiger partial charge in [-0.15, -0.1) is 5.10 Å². The highest BCUT2D eigenvalue weighted by Crippen LogP contribution is 2.34. The Morgan fingerprint density at radius 2 is 1.93 bits per heavy atom. The molecule has 0 spiro atoms. The van der Waals surface area contributed by atoms with Gasteiger partial charge in [0.15, 0.2) is 12.2 Å². The number of rotatable bonds is 5. The summed E-state index contributed by atoms with van der Waals surface area (Å²) in [5.41, 5.74) is 4.07. The van der Waals surface area contributed by atoms with Gasteiger partial charge in [-0.1, -0.05) is 16.6 Å². The van der Waals surface area contributed by atoms with Crippen molar-refractivity contribution in [3.8, 4) is 28.2 Å². The van der Waals surface area contributed by atoms with Crippen molar-refractivity contribution in [3.05, 3.63) is 65.6 Å². The van der Waals surface area contributed by atoms with Crippen LogP contribution < -0.4 is 10.1 Å². The second kappa shape index (κ2) is 7.61. The van der Waals surface area contributed by atoms with Crippen LogP contribution in [-0.2, 0) is 0 Å². The molecule has 0 aliphatic heterocycles. The maximum Gasteiger partial charge on any atom is 0.269 e. The SMILES string of the molecule is COc1ccc(-c2cnco2)cc1-c1ccc(NC(=O)c2snnc2C)cc1. The maximum atomic E-state index is 12.3. The summed E-state index contributed by atoms with van der Waals surface area (Å²) in [6.45, 7) is 1.76. The smallest absolute Gasteiger partial charge is 0.269 e. The van der Waals surface area contributed by atoms with Crippen molar-refractivity contribution in [3.63, 3.8) is 0 Å². The van der Waals surface area contributed by atoms with Crippen LogP contribution in [0, 0.1) is 6.92 Å². The number of ether oxygens (including phenoxy) is 1. The molecule has 2 aromatic carbocycles. The van der Waals surface area contributed by atoms with Gasteiger partial charge < -0.3 is 14.5 Å². The number of carbonyl (C=O) groups is 1. The highest BCUT2D eigenvalue weighted by molar-refractivity contribution is 7.08. The molecule has 0 saturated carbocycles. The Bertz CT molecular complexity index is 1100. The molecular weight excluding hydrogens is 376 g/mol. The highest BCUT2D eigenvalue weighted by atomic mass is 32.1. The summed E-state index contributed by atoms with van der Waals surface area (Å²) in [6, 6.07) is 13.3. The number of amides is 1. The van der Waals surface area contributed by atoms with Gasteiger partial charge in [-0.3, -0.25) is 4.79 Å². The van der Waals surface area contributed by atoms with Crippen molar-refractivity contribution < 1.29 is 13.9 Å². The van der Waals surface area contributed by atoms with E-state index in [0.29, 0.717) is 22.0 Å². The summed E-state index contributed by atoms with van der Waals surface area (Å²) in [5.74, 6) is 1.21. The summed E-state index contributed by atoms with van der Waals surface area (Å²) in [6.07, 6.45) is 3.07. The first-order valence-electron chi connectivity index (χ1n) is 8.43. The molecule has 0 atom stereocenters. The standard InChI is InChI=1S/C20H16N4O3S/c1-12-19(28-24-23-12)20(25)22-15-6-3-13(4-7-15)16-9-14(5-8-17(16)26-2)18-10-21-11-27-18/h3-11H,1-2H3,(H,22,25). The highest BCUT2D eigenvalue weighted by Gasteiger charge is 2.14. The van der Waals surface area contributed by atoms with Crippen molar-refractivity contribution in [2.75, 3.05) is 12.4 Å². The van der Waals surface area contributed by atoms with E-state index in [1.54, 1.807) is 20.2 Å². The van der Waals surface area contributed by atoms with Gasteiger partial charge in [0.1, 0.15) is 10.6 Å². The molecule has 2 aromatic heterocycles. The zero-order chi connectivity index (χ0) is 19.5. The lowest BCUT2D eigenvalue weighted by atomic mass is 10.0. The normalized spacial score (nSPS) is 10.6. The molecule has 0 saturated heterocycles. The molecule has 28 heavy (non-hydrogen) atoms. The van der Waals surface area contributed by atoms with Crippen molar-refractivity contribution in [1.82, 2.24) is 14.6 Å². The molecule has 4 aromatic rings. The van der Waals surface area contributed by atoms with E-state index in [0.717, 1.165) is 34.0 Å². The van der Waals surface area contributed by atoms with E-state index in [-0.39, 0.29) is 5.91 Å². The van der Waals surface area contributed by atoms with E-state index in [9.17, 15) is 4.79 Å². The van der Waals surface area contributed by atoms with Gasteiger partial charge >= 0.3 is 0 Å². The van der Waals surface area contributed by atoms with Crippen LogP contribution in [0.5, 0.6) is 5.75 Å². The molecule has 0 fully saturated rings. The topological polar surface area (TPSA) is 90.1 Å². The molecule has 4 rings (SSSR count). The largest absolute Gasteiger partial charge is 0.496 e. The van der Waals surface area contributed by atoms with E-state index in [1.165, 1.54) is 6.39 Å². The van der Waals surface area contributed by atoms with Crippen molar-refractivity contribution in [2.24, 2.45) is 0 Å². The van der Waals surface area contributed by atoms with Crippen LogP contribution in [0.1, 0.15) is 15.4 Å². The van der Waals surface area contributed by atoms with Gasteiger partial charge in [-0.05, 0) is 54.4 Å². The fraction of sp³-hybridized carbons (Fsp3) is 0.100. The fourth-order valence-electron chi connectivity index (χ4n) is 2.81. The molecule has 0 radical (unpaired) electrons. The van der Waals surface area contributed by atoms with E-state index >= 15 is 0 Å². The number of methoxy groups -OCH3 is 1. The van der Waals surface area contributed by atoms with E-state index in [2.05, 4.69) is 19.9 Å². The maximum absolute atomic E-state index is 12.3. The predicted molar refractivity (Wildman–Crippen MR) is 107 cm³/mol. The molecule has 0 aliphatic rings. The summed E-state index contributed by atoms with van der Waals surface area (Å²) in [4.78, 5) is 16.8.